The lowest BCUT2D eigenvalue weighted by Crippen LogP contribution is -2.51. The van der Waals surface area contributed by atoms with Gasteiger partial charge in [0.1, 0.15) is 0 Å². The first-order valence-corrected chi connectivity index (χ1v) is 8.43. The normalized spacial score (nSPS) is 36.7. The van der Waals surface area contributed by atoms with Crippen LogP contribution in [0.1, 0.15) is 66.2 Å². The zero-order valence-corrected chi connectivity index (χ0v) is 13.6. The second kappa shape index (κ2) is 7.28. The van der Waals surface area contributed by atoms with Gasteiger partial charge in [0.25, 0.3) is 0 Å². The van der Waals surface area contributed by atoms with E-state index in [1.807, 2.05) is 0 Å². The molecular formula is C16H31BN2O. The molecule has 0 aromatic carbocycles. The van der Waals surface area contributed by atoms with Gasteiger partial charge in [-0.15, -0.1) is 0 Å². The molecule has 2 rings (SSSR count). The van der Waals surface area contributed by atoms with E-state index in [4.69, 9.17) is 12.6 Å². The van der Waals surface area contributed by atoms with Gasteiger partial charge in [0.15, 0.2) is 6.35 Å². The Hall–Kier alpha value is -0.0551. The van der Waals surface area contributed by atoms with E-state index < -0.39 is 0 Å². The molecular weight excluding hydrogens is 247 g/mol. The van der Waals surface area contributed by atoms with Crippen LogP contribution >= 0.6 is 0 Å². The summed E-state index contributed by atoms with van der Waals surface area (Å²) in [7, 11) is 6.28. The van der Waals surface area contributed by atoms with Crippen LogP contribution in [0, 0.1) is 0 Å². The van der Waals surface area contributed by atoms with Crippen LogP contribution in [0.4, 0.5) is 0 Å². The largest absolute Gasteiger partial charge is 0.345 e. The molecule has 3 nitrogen and oxygen atoms in total. The first-order valence-electron chi connectivity index (χ1n) is 8.43. The van der Waals surface area contributed by atoms with Gasteiger partial charge in [0.05, 0.1) is 14.0 Å². The standard InChI is InChI=1S/C16H31BN2O/c1-11(2)18-16-19(12(3)4)14-9-7-5-6-8-13(17)10-15(14)20-16/h11-16,18H,5-10H2,1-4H3. The smallest absolute Gasteiger partial charge is 0.167 e. The Bertz CT molecular complexity index is 298. The molecule has 0 bridgehead atoms. The molecule has 1 heterocycles. The van der Waals surface area contributed by atoms with E-state index in [1.54, 1.807) is 0 Å². The van der Waals surface area contributed by atoms with Crippen molar-refractivity contribution in [2.24, 2.45) is 0 Å². The number of rotatable bonds is 3. The Labute approximate surface area is 126 Å². The van der Waals surface area contributed by atoms with Gasteiger partial charge < -0.3 is 4.74 Å². The second-order valence-corrected chi connectivity index (χ2v) is 7.09. The lowest BCUT2D eigenvalue weighted by atomic mass is 9.78. The fraction of sp³-hybridized carbons (Fsp3) is 1.00. The van der Waals surface area contributed by atoms with E-state index in [-0.39, 0.29) is 6.35 Å². The molecule has 1 N–H and O–H groups in total. The molecule has 1 saturated carbocycles. The molecule has 4 unspecified atom stereocenters. The SMILES string of the molecule is [B]C1CCCCCC2C(C1)OC(NC(C)C)N2C(C)C. The lowest BCUT2D eigenvalue weighted by molar-refractivity contribution is -0.0401. The molecule has 1 aliphatic carbocycles. The van der Waals surface area contributed by atoms with E-state index in [9.17, 15) is 0 Å². The zero-order chi connectivity index (χ0) is 14.7. The van der Waals surface area contributed by atoms with Crippen molar-refractivity contribution in [1.82, 2.24) is 10.2 Å². The molecule has 114 valence electrons. The van der Waals surface area contributed by atoms with E-state index in [0.29, 0.717) is 30.0 Å². The van der Waals surface area contributed by atoms with Crippen molar-refractivity contribution in [3.8, 4) is 0 Å². The maximum atomic E-state index is 6.35. The maximum absolute atomic E-state index is 6.35. The van der Waals surface area contributed by atoms with Gasteiger partial charge in [0.2, 0.25) is 0 Å². The molecule has 1 saturated heterocycles. The summed E-state index contributed by atoms with van der Waals surface area (Å²) in [5.41, 5.74) is 0. The topological polar surface area (TPSA) is 24.5 Å². The molecule has 1 aliphatic heterocycles. The summed E-state index contributed by atoms with van der Waals surface area (Å²) in [5, 5.41) is 3.56. The summed E-state index contributed by atoms with van der Waals surface area (Å²) in [6.07, 6.45) is 7.63. The molecule has 2 aliphatic rings. The number of hydrogen-bond donors (Lipinski definition) is 1. The fourth-order valence-electron chi connectivity index (χ4n) is 3.66. The number of ether oxygens (including phenoxy) is 1. The number of fused-ring (bicyclic) bond motifs is 1. The Morgan fingerprint density at radius 1 is 1.10 bits per heavy atom. The summed E-state index contributed by atoms with van der Waals surface area (Å²) in [4.78, 5) is 2.53. The summed E-state index contributed by atoms with van der Waals surface area (Å²) >= 11 is 0. The van der Waals surface area contributed by atoms with Gasteiger partial charge in [-0.3, -0.25) is 10.2 Å². The highest BCUT2D eigenvalue weighted by Crippen LogP contribution is 2.35. The van der Waals surface area contributed by atoms with Crippen LogP contribution in [-0.4, -0.2) is 43.3 Å². The van der Waals surface area contributed by atoms with E-state index in [1.165, 1.54) is 25.7 Å². The van der Waals surface area contributed by atoms with Gasteiger partial charge in [-0.1, -0.05) is 31.5 Å². The molecule has 4 atom stereocenters. The van der Waals surface area contributed by atoms with Gasteiger partial charge in [-0.25, -0.2) is 0 Å². The van der Waals surface area contributed by atoms with Crippen molar-refractivity contribution in [3.05, 3.63) is 0 Å². The summed E-state index contributed by atoms with van der Waals surface area (Å²) < 4.78 is 6.35. The van der Waals surface area contributed by atoms with Gasteiger partial charge in [-0.05, 0) is 40.5 Å². The Morgan fingerprint density at radius 3 is 2.45 bits per heavy atom. The first-order chi connectivity index (χ1) is 9.49. The third kappa shape index (κ3) is 3.99. The fourth-order valence-corrected chi connectivity index (χ4v) is 3.66. The van der Waals surface area contributed by atoms with Gasteiger partial charge in [-0.2, -0.15) is 0 Å². The highest BCUT2D eigenvalue weighted by atomic mass is 16.5. The van der Waals surface area contributed by atoms with Crippen LogP contribution < -0.4 is 5.32 Å². The summed E-state index contributed by atoms with van der Waals surface area (Å²) in [6.45, 7) is 8.90. The minimum atomic E-state index is 0.0524. The molecule has 0 spiro atoms. The molecule has 2 radical (unpaired) electrons. The quantitative estimate of drug-likeness (QED) is 0.803. The third-order valence-electron chi connectivity index (χ3n) is 4.57. The van der Waals surface area contributed by atoms with E-state index in [0.717, 1.165) is 12.8 Å². The van der Waals surface area contributed by atoms with Crippen molar-refractivity contribution in [2.45, 2.75) is 103 Å². The lowest BCUT2D eigenvalue weighted by Gasteiger charge is -2.33. The van der Waals surface area contributed by atoms with Crippen molar-refractivity contribution in [3.63, 3.8) is 0 Å². The Kier molecular flexibility index (Phi) is 5.94. The van der Waals surface area contributed by atoms with Crippen LogP contribution in [0.15, 0.2) is 0 Å². The average molecular weight is 278 g/mol. The van der Waals surface area contributed by atoms with E-state index >= 15 is 0 Å². The predicted molar refractivity (Wildman–Crippen MR) is 84.9 cm³/mol. The van der Waals surface area contributed by atoms with Crippen molar-refractivity contribution < 1.29 is 4.74 Å². The van der Waals surface area contributed by atoms with Crippen molar-refractivity contribution >= 4 is 7.85 Å². The maximum Gasteiger partial charge on any atom is 0.167 e. The van der Waals surface area contributed by atoms with Crippen LogP contribution in [-0.2, 0) is 4.74 Å². The minimum Gasteiger partial charge on any atom is -0.345 e. The monoisotopic (exact) mass is 278 g/mol. The van der Waals surface area contributed by atoms with E-state index in [2.05, 4.69) is 37.9 Å². The number of nitrogens with zero attached hydrogens (tertiary/aromatic N) is 1. The molecule has 2 fully saturated rings. The van der Waals surface area contributed by atoms with Crippen LogP contribution in [0.3, 0.4) is 0 Å². The molecule has 4 heteroatoms. The first kappa shape index (κ1) is 16.3. The summed E-state index contributed by atoms with van der Waals surface area (Å²) in [6, 6.07) is 1.45. The summed E-state index contributed by atoms with van der Waals surface area (Å²) in [5.74, 6) is 0.299. The van der Waals surface area contributed by atoms with Crippen molar-refractivity contribution in [2.75, 3.05) is 0 Å². The molecule has 0 aromatic heterocycles. The van der Waals surface area contributed by atoms with Crippen LogP contribution in [0.2, 0.25) is 5.82 Å². The highest BCUT2D eigenvalue weighted by molar-refractivity contribution is 6.11. The Morgan fingerprint density at radius 2 is 1.80 bits per heavy atom. The van der Waals surface area contributed by atoms with Crippen LogP contribution in [0.5, 0.6) is 0 Å². The van der Waals surface area contributed by atoms with Crippen molar-refractivity contribution in [1.29, 1.82) is 0 Å². The second-order valence-electron chi connectivity index (χ2n) is 7.09. The predicted octanol–water partition coefficient (Wildman–Crippen LogP) is 3.06. The molecule has 20 heavy (non-hydrogen) atoms. The highest BCUT2D eigenvalue weighted by Gasteiger charge is 2.43. The van der Waals surface area contributed by atoms with Crippen LogP contribution in [0.25, 0.3) is 0 Å². The Balaban J connectivity index is 2.12. The molecule has 0 aromatic rings. The zero-order valence-electron chi connectivity index (χ0n) is 13.6. The molecule has 0 amide bonds. The number of nitrogens with one attached hydrogen (secondary N) is 1. The number of hydrogen-bond acceptors (Lipinski definition) is 3. The van der Waals surface area contributed by atoms with Gasteiger partial charge in [0, 0.05) is 18.1 Å². The van der Waals surface area contributed by atoms with Gasteiger partial charge >= 0.3 is 0 Å². The third-order valence-corrected chi connectivity index (χ3v) is 4.57. The average Bonchev–Trinajstić information content (AvgIpc) is 2.67. The minimum absolute atomic E-state index is 0.0524.